The topological polar surface area (TPSA) is 64.6 Å². The lowest BCUT2D eigenvalue weighted by atomic mass is 10.2. The Hall–Kier alpha value is -2.47. The molecule has 0 bridgehead atoms. The minimum absolute atomic E-state index is 0.175. The molecule has 0 radical (unpaired) electrons. The third-order valence-electron chi connectivity index (χ3n) is 3.31. The van der Waals surface area contributed by atoms with Gasteiger partial charge in [-0.25, -0.2) is 0 Å². The SMILES string of the molecule is CC(C)(C)OC(=O)CNC(=O)c1ccc2c(c1)Oc1ccccc1S2. The van der Waals surface area contributed by atoms with Crippen LogP contribution < -0.4 is 10.1 Å². The summed E-state index contributed by atoms with van der Waals surface area (Å²) in [6, 6.07) is 13.0. The Kier molecular flexibility index (Phi) is 4.72. The molecule has 0 atom stereocenters. The molecule has 1 amide bonds. The fraction of sp³-hybridized carbons (Fsp3) is 0.263. The van der Waals surface area contributed by atoms with E-state index < -0.39 is 11.6 Å². The summed E-state index contributed by atoms with van der Waals surface area (Å²) in [4.78, 5) is 25.9. The number of benzene rings is 2. The summed E-state index contributed by atoms with van der Waals surface area (Å²) in [5.74, 6) is 0.584. The molecule has 0 aliphatic carbocycles. The maximum absolute atomic E-state index is 12.3. The van der Waals surface area contributed by atoms with Crippen molar-refractivity contribution in [2.24, 2.45) is 0 Å². The maximum atomic E-state index is 12.3. The Morgan fingerprint density at radius 3 is 2.56 bits per heavy atom. The van der Waals surface area contributed by atoms with Gasteiger partial charge in [0.2, 0.25) is 0 Å². The van der Waals surface area contributed by atoms with Crippen LogP contribution in [0.5, 0.6) is 11.5 Å². The van der Waals surface area contributed by atoms with E-state index >= 15 is 0 Å². The average molecular weight is 357 g/mol. The minimum Gasteiger partial charge on any atom is -0.459 e. The molecule has 6 heteroatoms. The molecule has 130 valence electrons. The Balaban J connectivity index is 1.67. The molecule has 2 aromatic rings. The molecule has 0 fully saturated rings. The summed E-state index contributed by atoms with van der Waals surface area (Å²) in [5.41, 5.74) is -0.145. The molecule has 25 heavy (non-hydrogen) atoms. The van der Waals surface area contributed by atoms with Crippen molar-refractivity contribution in [3.8, 4) is 11.5 Å². The van der Waals surface area contributed by atoms with E-state index in [0.29, 0.717) is 11.3 Å². The Morgan fingerprint density at radius 2 is 1.80 bits per heavy atom. The summed E-state index contributed by atoms with van der Waals surface area (Å²) in [7, 11) is 0. The zero-order valence-electron chi connectivity index (χ0n) is 14.3. The Labute approximate surface area is 150 Å². The number of esters is 1. The van der Waals surface area contributed by atoms with E-state index in [1.807, 2.05) is 30.3 Å². The summed E-state index contributed by atoms with van der Waals surface area (Å²) in [6.07, 6.45) is 0. The van der Waals surface area contributed by atoms with Gasteiger partial charge >= 0.3 is 5.97 Å². The Morgan fingerprint density at radius 1 is 1.08 bits per heavy atom. The van der Waals surface area contributed by atoms with Crippen molar-refractivity contribution in [3.05, 3.63) is 48.0 Å². The first-order valence-corrected chi connectivity index (χ1v) is 8.72. The number of hydrogen-bond acceptors (Lipinski definition) is 5. The first-order chi connectivity index (χ1) is 11.8. The molecule has 0 unspecified atom stereocenters. The van der Waals surface area contributed by atoms with Crippen molar-refractivity contribution in [2.45, 2.75) is 36.2 Å². The minimum atomic E-state index is -0.577. The third-order valence-corrected chi connectivity index (χ3v) is 4.42. The van der Waals surface area contributed by atoms with Crippen LogP contribution in [0.15, 0.2) is 52.3 Å². The predicted octanol–water partition coefficient (Wildman–Crippen LogP) is 4.02. The number of fused-ring (bicyclic) bond motifs is 2. The molecule has 1 N–H and O–H groups in total. The van der Waals surface area contributed by atoms with Gasteiger partial charge in [-0.05, 0) is 51.1 Å². The quantitative estimate of drug-likeness (QED) is 0.718. The van der Waals surface area contributed by atoms with Gasteiger partial charge in [0.15, 0.2) is 0 Å². The highest BCUT2D eigenvalue weighted by atomic mass is 32.2. The predicted molar refractivity (Wildman–Crippen MR) is 95.3 cm³/mol. The molecular weight excluding hydrogens is 338 g/mol. The van der Waals surface area contributed by atoms with E-state index in [0.717, 1.165) is 15.5 Å². The third kappa shape index (κ3) is 4.33. The van der Waals surface area contributed by atoms with Crippen LogP contribution in [-0.2, 0) is 9.53 Å². The van der Waals surface area contributed by atoms with Crippen LogP contribution in [-0.4, -0.2) is 24.0 Å². The van der Waals surface area contributed by atoms with Gasteiger partial charge in [0.1, 0.15) is 23.6 Å². The van der Waals surface area contributed by atoms with Crippen LogP contribution in [0.2, 0.25) is 0 Å². The van der Waals surface area contributed by atoms with Crippen LogP contribution in [0, 0.1) is 0 Å². The van der Waals surface area contributed by atoms with Crippen LogP contribution in [0.25, 0.3) is 0 Å². The number of ether oxygens (including phenoxy) is 2. The molecule has 0 aromatic heterocycles. The van der Waals surface area contributed by atoms with Gasteiger partial charge in [0.25, 0.3) is 5.91 Å². The van der Waals surface area contributed by atoms with E-state index in [2.05, 4.69) is 5.32 Å². The number of para-hydroxylation sites is 1. The molecule has 0 saturated carbocycles. The van der Waals surface area contributed by atoms with Gasteiger partial charge in [-0.1, -0.05) is 23.9 Å². The van der Waals surface area contributed by atoms with Crippen molar-refractivity contribution in [2.75, 3.05) is 6.54 Å². The normalized spacial score (nSPS) is 12.4. The molecule has 1 aliphatic heterocycles. The molecule has 0 spiro atoms. The summed E-state index contributed by atoms with van der Waals surface area (Å²) in [5, 5.41) is 2.57. The van der Waals surface area contributed by atoms with Crippen molar-refractivity contribution in [3.63, 3.8) is 0 Å². The van der Waals surface area contributed by atoms with Crippen molar-refractivity contribution in [1.82, 2.24) is 5.32 Å². The molecular formula is C19H19NO4S. The smallest absolute Gasteiger partial charge is 0.325 e. The lowest BCUT2D eigenvalue weighted by molar-refractivity contribution is -0.153. The lowest BCUT2D eigenvalue weighted by Gasteiger charge is -2.20. The molecule has 5 nitrogen and oxygen atoms in total. The second-order valence-corrected chi connectivity index (χ2v) is 7.67. The molecule has 1 aliphatic rings. The fourth-order valence-electron chi connectivity index (χ4n) is 2.30. The largest absolute Gasteiger partial charge is 0.459 e. The number of amides is 1. The van der Waals surface area contributed by atoms with Gasteiger partial charge in [-0.15, -0.1) is 0 Å². The van der Waals surface area contributed by atoms with E-state index in [9.17, 15) is 9.59 Å². The lowest BCUT2D eigenvalue weighted by Crippen LogP contribution is -2.34. The highest BCUT2D eigenvalue weighted by Gasteiger charge is 2.20. The number of carbonyl (C=O) groups excluding carboxylic acids is 2. The van der Waals surface area contributed by atoms with Gasteiger partial charge in [0, 0.05) is 5.56 Å². The van der Waals surface area contributed by atoms with Crippen LogP contribution in [0.1, 0.15) is 31.1 Å². The van der Waals surface area contributed by atoms with E-state index in [1.165, 1.54) is 0 Å². The standard InChI is InChI=1S/C19H19NO4S/c1-19(2,3)24-17(21)11-20-18(22)12-8-9-16-14(10-12)23-13-6-4-5-7-15(13)25-16/h4-10H,11H2,1-3H3,(H,20,22). The number of hydrogen-bond donors (Lipinski definition) is 1. The van der Waals surface area contributed by atoms with Gasteiger partial charge in [0.05, 0.1) is 9.79 Å². The second-order valence-electron chi connectivity index (χ2n) is 6.58. The first-order valence-electron chi connectivity index (χ1n) is 7.91. The molecule has 2 aromatic carbocycles. The summed E-state index contributed by atoms with van der Waals surface area (Å²) >= 11 is 1.60. The van der Waals surface area contributed by atoms with Gasteiger partial charge in [-0.2, -0.15) is 0 Å². The highest BCUT2D eigenvalue weighted by Crippen LogP contribution is 2.46. The zero-order chi connectivity index (χ0) is 18.0. The van der Waals surface area contributed by atoms with E-state index in [4.69, 9.17) is 9.47 Å². The average Bonchev–Trinajstić information content (AvgIpc) is 2.55. The zero-order valence-corrected chi connectivity index (χ0v) is 15.1. The number of nitrogens with one attached hydrogen (secondary N) is 1. The van der Waals surface area contributed by atoms with Crippen molar-refractivity contribution in [1.29, 1.82) is 0 Å². The van der Waals surface area contributed by atoms with Crippen LogP contribution in [0.4, 0.5) is 0 Å². The van der Waals surface area contributed by atoms with E-state index in [-0.39, 0.29) is 12.5 Å². The molecule has 1 heterocycles. The monoisotopic (exact) mass is 357 g/mol. The van der Waals surface area contributed by atoms with Crippen LogP contribution in [0.3, 0.4) is 0 Å². The molecule has 3 rings (SSSR count). The summed E-state index contributed by atoms with van der Waals surface area (Å²) < 4.78 is 11.0. The second kappa shape index (κ2) is 6.80. The molecule has 0 saturated heterocycles. The summed E-state index contributed by atoms with van der Waals surface area (Å²) in [6.45, 7) is 5.17. The maximum Gasteiger partial charge on any atom is 0.325 e. The first kappa shape index (κ1) is 17.4. The van der Waals surface area contributed by atoms with E-state index in [1.54, 1.807) is 44.7 Å². The highest BCUT2D eigenvalue weighted by molar-refractivity contribution is 7.99. The number of rotatable bonds is 3. The van der Waals surface area contributed by atoms with Crippen molar-refractivity contribution < 1.29 is 19.1 Å². The number of carbonyl (C=O) groups is 2. The van der Waals surface area contributed by atoms with Crippen molar-refractivity contribution >= 4 is 23.6 Å². The van der Waals surface area contributed by atoms with Gasteiger partial charge < -0.3 is 14.8 Å². The van der Waals surface area contributed by atoms with Gasteiger partial charge in [-0.3, -0.25) is 9.59 Å². The Bertz CT molecular complexity index is 826. The van der Waals surface area contributed by atoms with Crippen LogP contribution >= 0.6 is 11.8 Å². The fourth-order valence-corrected chi connectivity index (χ4v) is 3.23.